The number of aromatic nitrogens is 1. The van der Waals surface area contributed by atoms with Gasteiger partial charge in [0.2, 0.25) is 0 Å². The molecule has 0 spiro atoms. The summed E-state index contributed by atoms with van der Waals surface area (Å²) >= 11 is 0. The highest BCUT2D eigenvalue weighted by atomic mass is 16.4. The minimum Gasteiger partial charge on any atom is -0.477 e. The third-order valence-electron chi connectivity index (χ3n) is 3.54. The van der Waals surface area contributed by atoms with E-state index in [-0.39, 0.29) is 11.6 Å². The van der Waals surface area contributed by atoms with Gasteiger partial charge in [-0.1, -0.05) is 24.3 Å². The van der Waals surface area contributed by atoms with Crippen molar-refractivity contribution in [3.63, 3.8) is 0 Å². The zero-order chi connectivity index (χ0) is 15.7. The van der Waals surface area contributed by atoms with Gasteiger partial charge in [-0.15, -0.1) is 0 Å². The SMILES string of the molecule is CNC(=O)c1cccc(-c2ccc3cc(C(=O)O)[nH]c3c2)c1. The van der Waals surface area contributed by atoms with Gasteiger partial charge in [0.25, 0.3) is 5.91 Å². The van der Waals surface area contributed by atoms with Crippen LogP contribution in [0.15, 0.2) is 48.5 Å². The van der Waals surface area contributed by atoms with E-state index >= 15 is 0 Å². The van der Waals surface area contributed by atoms with Gasteiger partial charge in [-0.05, 0) is 35.4 Å². The Morgan fingerprint density at radius 2 is 1.82 bits per heavy atom. The van der Waals surface area contributed by atoms with Crippen molar-refractivity contribution in [1.82, 2.24) is 10.3 Å². The molecule has 0 saturated heterocycles. The van der Waals surface area contributed by atoms with Crippen LogP contribution < -0.4 is 5.32 Å². The Bertz CT molecular complexity index is 880. The Morgan fingerprint density at radius 3 is 2.55 bits per heavy atom. The fourth-order valence-corrected chi connectivity index (χ4v) is 2.41. The summed E-state index contributed by atoms with van der Waals surface area (Å²) in [4.78, 5) is 25.6. The Kier molecular flexibility index (Phi) is 3.39. The Hall–Kier alpha value is -3.08. The lowest BCUT2D eigenvalue weighted by Gasteiger charge is -2.05. The van der Waals surface area contributed by atoms with Crippen LogP contribution >= 0.6 is 0 Å². The molecule has 0 aliphatic heterocycles. The molecule has 5 nitrogen and oxygen atoms in total. The molecule has 0 aliphatic carbocycles. The molecular weight excluding hydrogens is 280 g/mol. The molecule has 3 rings (SSSR count). The van der Waals surface area contributed by atoms with Crippen molar-refractivity contribution in [2.75, 3.05) is 7.05 Å². The zero-order valence-corrected chi connectivity index (χ0v) is 11.9. The molecule has 1 amide bonds. The topological polar surface area (TPSA) is 82.2 Å². The Morgan fingerprint density at radius 1 is 1.05 bits per heavy atom. The molecule has 2 aromatic carbocycles. The third kappa shape index (κ3) is 2.44. The normalized spacial score (nSPS) is 10.6. The summed E-state index contributed by atoms with van der Waals surface area (Å²) in [6.45, 7) is 0. The van der Waals surface area contributed by atoms with Gasteiger partial charge in [0.1, 0.15) is 5.69 Å². The number of rotatable bonds is 3. The van der Waals surface area contributed by atoms with Gasteiger partial charge >= 0.3 is 5.97 Å². The number of benzene rings is 2. The van der Waals surface area contributed by atoms with Crippen molar-refractivity contribution in [3.05, 3.63) is 59.8 Å². The van der Waals surface area contributed by atoms with Crippen LogP contribution in [0, 0.1) is 0 Å². The average Bonchev–Trinajstić information content (AvgIpc) is 2.97. The lowest BCUT2D eigenvalue weighted by molar-refractivity contribution is 0.0691. The number of amides is 1. The van der Waals surface area contributed by atoms with E-state index < -0.39 is 5.97 Å². The molecule has 0 bridgehead atoms. The van der Waals surface area contributed by atoms with Crippen LogP contribution in [0.1, 0.15) is 20.8 Å². The molecule has 5 heteroatoms. The number of carboxylic acids is 1. The molecule has 0 aliphatic rings. The maximum absolute atomic E-state index is 11.7. The van der Waals surface area contributed by atoms with Crippen molar-refractivity contribution in [3.8, 4) is 11.1 Å². The number of hydrogen-bond acceptors (Lipinski definition) is 2. The first-order chi connectivity index (χ1) is 10.6. The second-order valence-electron chi connectivity index (χ2n) is 4.95. The van der Waals surface area contributed by atoms with Crippen molar-refractivity contribution < 1.29 is 14.7 Å². The van der Waals surface area contributed by atoms with Gasteiger partial charge in [-0.2, -0.15) is 0 Å². The molecule has 22 heavy (non-hydrogen) atoms. The lowest BCUT2D eigenvalue weighted by Crippen LogP contribution is -2.17. The summed E-state index contributed by atoms with van der Waals surface area (Å²) in [5, 5.41) is 12.5. The van der Waals surface area contributed by atoms with Crippen LogP contribution in [-0.2, 0) is 0 Å². The minimum absolute atomic E-state index is 0.143. The van der Waals surface area contributed by atoms with E-state index in [2.05, 4.69) is 10.3 Å². The lowest BCUT2D eigenvalue weighted by atomic mass is 10.0. The van der Waals surface area contributed by atoms with E-state index in [0.717, 1.165) is 22.0 Å². The number of carbonyl (C=O) groups is 2. The third-order valence-corrected chi connectivity index (χ3v) is 3.54. The van der Waals surface area contributed by atoms with E-state index in [1.54, 1.807) is 25.2 Å². The molecular formula is C17H14N2O3. The fourth-order valence-electron chi connectivity index (χ4n) is 2.41. The molecule has 1 aromatic heterocycles. The van der Waals surface area contributed by atoms with Crippen LogP contribution in [0.3, 0.4) is 0 Å². The van der Waals surface area contributed by atoms with E-state index in [9.17, 15) is 9.59 Å². The molecule has 3 N–H and O–H groups in total. The van der Waals surface area contributed by atoms with E-state index in [1.807, 2.05) is 30.3 Å². The van der Waals surface area contributed by atoms with Gasteiger partial charge in [0.15, 0.2) is 0 Å². The highest BCUT2D eigenvalue weighted by molar-refractivity contribution is 5.97. The summed E-state index contributed by atoms with van der Waals surface area (Å²) in [7, 11) is 1.59. The summed E-state index contributed by atoms with van der Waals surface area (Å²) < 4.78 is 0. The van der Waals surface area contributed by atoms with Crippen molar-refractivity contribution in [2.24, 2.45) is 0 Å². The highest BCUT2D eigenvalue weighted by Crippen LogP contribution is 2.25. The van der Waals surface area contributed by atoms with Crippen molar-refractivity contribution >= 4 is 22.8 Å². The number of H-pyrrole nitrogens is 1. The molecule has 0 fully saturated rings. The number of aromatic amines is 1. The monoisotopic (exact) mass is 294 g/mol. The van der Waals surface area contributed by atoms with Crippen LogP contribution in [0.5, 0.6) is 0 Å². The molecule has 110 valence electrons. The van der Waals surface area contributed by atoms with Gasteiger partial charge < -0.3 is 15.4 Å². The summed E-state index contributed by atoms with van der Waals surface area (Å²) in [6.07, 6.45) is 0. The smallest absolute Gasteiger partial charge is 0.352 e. The molecule has 0 unspecified atom stereocenters. The predicted octanol–water partition coefficient (Wildman–Crippen LogP) is 2.89. The van der Waals surface area contributed by atoms with Crippen LogP contribution in [0.4, 0.5) is 0 Å². The maximum Gasteiger partial charge on any atom is 0.352 e. The summed E-state index contributed by atoms with van der Waals surface area (Å²) in [5.41, 5.74) is 3.30. The maximum atomic E-state index is 11.7. The van der Waals surface area contributed by atoms with Gasteiger partial charge in [-0.3, -0.25) is 4.79 Å². The number of aromatic carboxylic acids is 1. The van der Waals surface area contributed by atoms with Gasteiger partial charge in [-0.25, -0.2) is 4.79 Å². The highest BCUT2D eigenvalue weighted by Gasteiger charge is 2.09. The molecule has 0 saturated carbocycles. The largest absolute Gasteiger partial charge is 0.477 e. The average molecular weight is 294 g/mol. The Balaban J connectivity index is 2.06. The van der Waals surface area contributed by atoms with Crippen LogP contribution in [0.25, 0.3) is 22.0 Å². The molecule has 1 heterocycles. The second kappa shape index (κ2) is 5.37. The fraction of sp³-hybridized carbons (Fsp3) is 0.0588. The number of nitrogens with one attached hydrogen (secondary N) is 2. The number of carboxylic acid groups (broad SMARTS) is 1. The van der Waals surface area contributed by atoms with E-state index in [1.165, 1.54) is 0 Å². The number of fused-ring (bicyclic) bond motifs is 1. The number of hydrogen-bond donors (Lipinski definition) is 3. The standard InChI is InChI=1S/C17H14N2O3/c1-18-16(20)13-4-2-3-10(7-13)11-5-6-12-9-15(17(21)22)19-14(12)8-11/h2-9,19H,1H3,(H,18,20)(H,21,22). The molecule has 0 atom stereocenters. The van der Waals surface area contributed by atoms with Crippen molar-refractivity contribution in [2.45, 2.75) is 0 Å². The Labute approximate surface area is 126 Å². The first-order valence-corrected chi connectivity index (χ1v) is 6.77. The summed E-state index contributed by atoms with van der Waals surface area (Å²) in [5.74, 6) is -1.13. The minimum atomic E-state index is -0.987. The molecule has 0 radical (unpaired) electrons. The first-order valence-electron chi connectivity index (χ1n) is 6.77. The van der Waals surface area contributed by atoms with Crippen molar-refractivity contribution in [1.29, 1.82) is 0 Å². The first kappa shape index (κ1) is 13.9. The van der Waals surface area contributed by atoms with E-state index in [4.69, 9.17) is 5.11 Å². The van der Waals surface area contributed by atoms with Gasteiger partial charge in [0, 0.05) is 23.5 Å². The zero-order valence-electron chi connectivity index (χ0n) is 11.9. The van der Waals surface area contributed by atoms with Crippen LogP contribution in [0.2, 0.25) is 0 Å². The van der Waals surface area contributed by atoms with E-state index in [0.29, 0.717) is 5.56 Å². The second-order valence-corrected chi connectivity index (χ2v) is 4.95. The van der Waals surface area contributed by atoms with Gasteiger partial charge in [0.05, 0.1) is 0 Å². The summed E-state index contributed by atoms with van der Waals surface area (Å²) in [6, 6.07) is 14.5. The number of carbonyl (C=O) groups excluding carboxylic acids is 1. The molecule has 3 aromatic rings. The van der Waals surface area contributed by atoms with Crippen LogP contribution in [-0.4, -0.2) is 29.0 Å². The quantitative estimate of drug-likeness (QED) is 0.694. The predicted molar refractivity (Wildman–Crippen MR) is 84.1 cm³/mol.